The second-order valence-electron chi connectivity index (χ2n) is 4.65. The minimum absolute atomic E-state index is 0.378. The Hall–Kier alpha value is -2.82. The minimum atomic E-state index is 0.378. The Morgan fingerprint density at radius 1 is 1.24 bits per heavy atom. The van der Waals surface area contributed by atoms with E-state index in [4.69, 9.17) is 14.6 Å². The van der Waals surface area contributed by atoms with Crippen LogP contribution in [-0.2, 0) is 0 Å². The number of hydrogen-bond acceptors (Lipinski definition) is 4. The second-order valence-corrected chi connectivity index (χ2v) is 4.65. The van der Waals surface area contributed by atoms with Crippen LogP contribution in [0.25, 0.3) is 22.6 Å². The third kappa shape index (κ3) is 2.58. The number of nitrogens with one attached hydrogen (secondary N) is 2. The standard InChI is InChI=1S/C16H15N3O2/c1-10(17)18-11-7-8-15-13(9-11)19-16(21-15)12-5-3-4-6-14(12)20-2/h3-9H,1-2H3,(H2,17,18). The van der Waals surface area contributed by atoms with Gasteiger partial charge < -0.3 is 14.5 Å². The summed E-state index contributed by atoms with van der Waals surface area (Å²) in [4.78, 5) is 4.50. The molecule has 0 atom stereocenters. The third-order valence-corrected chi connectivity index (χ3v) is 3.06. The Morgan fingerprint density at radius 2 is 2.05 bits per heavy atom. The largest absolute Gasteiger partial charge is 0.496 e. The molecule has 1 heterocycles. The molecule has 0 saturated carbocycles. The zero-order chi connectivity index (χ0) is 14.8. The fourth-order valence-electron chi connectivity index (χ4n) is 2.16. The molecule has 3 rings (SSSR count). The van der Waals surface area contributed by atoms with Crippen molar-refractivity contribution >= 4 is 22.6 Å². The van der Waals surface area contributed by atoms with Crippen molar-refractivity contribution in [3.63, 3.8) is 0 Å². The van der Waals surface area contributed by atoms with E-state index in [-0.39, 0.29) is 0 Å². The molecule has 106 valence electrons. The first kappa shape index (κ1) is 13.2. The van der Waals surface area contributed by atoms with Crippen LogP contribution >= 0.6 is 0 Å². The van der Waals surface area contributed by atoms with Crippen LogP contribution in [0.3, 0.4) is 0 Å². The summed E-state index contributed by atoms with van der Waals surface area (Å²) in [7, 11) is 1.62. The molecule has 0 spiro atoms. The van der Waals surface area contributed by atoms with Crippen LogP contribution < -0.4 is 10.1 Å². The third-order valence-electron chi connectivity index (χ3n) is 3.06. The summed E-state index contributed by atoms with van der Waals surface area (Å²) >= 11 is 0. The summed E-state index contributed by atoms with van der Waals surface area (Å²) in [5.74, 6) is 1.62. The average molecular weight is 281 g/mol. The average Bonchev–Trinajstić information content (AvgIpc) is 2.89. The highest BCUT2D eigenvalue weighted by molar-refractivity contribution is 5.93. The number of para-hydroxylation sites is 1. The maximum Gasteiger partial charge on any atom is 0.231 e. The van der Waals surface area contributed by atoms with Gasteiger partial charge >= 0.3 is 0 Å². The molecule has 0 saturated heterocycles. The fraction of sp³-hybridized carbons (Fsp3) is 0.125. The van der Waals surface area contributed by atoms with E-state index >= 15 is 0 Å². The van der Waals surface area contributed by atoms with E-state index in [1.807, 2.05) is 42.5 Å². The summed E-state index contributed by atoms with van der Waals surface area (Å²) in [6, 6.07) is 13.2. The van der Waals surface area contributed by atoms with Crippen molar-refractivity contribution < 1.29 is 9.15 Å². The number of oxazole rings is 1. The van der Waals surface area contributed by atoms with Crippen LogP contribution in [0.1, 0.15) is 6.92 Å². The van der Waals surface area contributed by atoms with Crippen molar-refractivity contribution in [3.05, 3.63) is 42.5 Å². The van der Waals surface area contributed by atoms with E-state index in [9.17, 15) is 0 Å². The molecule has 0 aliphatic heterocycles. The van der Waals surface area contributed by atoms with Crippen molar-refractivity contribution in [3.8, 4) is 17.2 Å². The van der Waals surface area contributed by atoms with Gasteiger partial charge in [0.05, 0.1) is 18.5 Å². The predicted molar refractivity (Wildman–Crippen MR) is 83.0 cm³/mol. The van der Waals surface area contributed by atoms with Crippen molar-refractivity contribution in [2.75, 3.05) is 12.4 Å². The van der Waals surface area contributed by atoms with Gasteiger partial charge in [0.25, 0.3) is 0 Å². The lowest BCUT2D eigenvalue weighted by molar-refractivity contribution is 0.414. The van der Waals surface area contributed by atoms with E-state index in [1.165, 1.54) is 0 Å². The molecule has 21 heavy (non-hydrogen) atoms. The molecule has 0 bridgehead atoms. The van der Waals surface area contributed by atoms with Crippen molar-refractivity contribution in [1.29, 1.82) is 5.41 Å². The van der Waals surface area contributed by atoms with Crippen LogP contribution in [0, 0.1) is 5.41 Å². The lowest BCUT2D eigenvalue weighted by Crippen LogP contribution is -2.04. The molecule has 0 fully saturated rings. The number of methoxy groups -OCH3 is 1. The maximum absolute atomic E-state index is 7.46. The summed E-state index contributed by atoms with van der Waals surface area (Å²) in [5, 5.41) is 10.4. The zero-order valence-corrected chi connectivity index (χ0v) is 11.8. The number of ether oxygens (including phenoxy) is 1. The van der Waals surface area contributed by atoms with Gasteiger partial charge in [-0.25, -0.2) is 4.98 Å². The van der Waals surface area contributed by atoms with Crippen LogP contribution in [0.5, 0.6) is 5.75 Å². The number of amidine groups is 1. The van der Waals surface area contributed by atoms with Gasteiger partial charge in [-0.05, 0) is 37.3 Å². The van der Waals surface area contributed by atoms with Gasteiger partial charge in [-0.1, -0.05) is 12.1 Å². The lowest BCUT2D eigenvalue weighted by Gasteiger charge is -2.03. The first-order chi connectivity index (χ1) is 10.2. The first-order valence-electron chi connectivity index (χ1n) is 6.53. The molecule has 0 amide bonds. The van der Waals surface area contributed by atoms with Gasteiger partial charge in [-0.15, -0.1) is 0 Å². The number of anilines is 1. The van der Waals surface area contributed by atoms with Gasteiger partial charge in [-0.3, -0.25) is 5.41 Å². The van der Waals surface area contributed by atoms with Crippen molar-refractivity contribution in [1.82, 2.24) is 4.98 Å². The zero-order valence-electron chi connectivity index (χ0n) is 11.8. The van der Waals surface area contributed by atoms with Crippen LogP contribution in [-0.4, -0.2) is 17.9 Å². The van der Waals surface area contributed by atoms with E-state index in [2.05, 4.69) is 10.3 Å². The molecule has 5 heteroatoms. The Labute approximate surface area is 122 Å². The smallest absolute Gasteiger partial charge is 0.231 e. The lowest BCUT2D eigenvalue weighted by atomic mass is 10.2. The first-order valence-corrected chi connectivity index (χ1v) is 6.53. The monoisotopic (exact) mass is 281 g/mol. The molecule has 0 radical (unpaired) electrons. The number of aromatic nitrogens is 1. The predicted octanol–water partition coefficient (Wildman–Crippen LogP) is 3.91. The summed E-state index contributed by atoms with van der Waals surface area (Å²) < 4.78 is 11.1. The number of benzene rings is 2. The molecule has 5 nitrogen and oxygen atoms in total. The van der Waals surface area contributed by atoms with E-state index in [1.54, 1.807) is 14.0 Å². The molecule has 2 N–H and O–H groups in total. The maximum atomic E-state index is 7.46. The highest BCUT2D eigenvalue weighted by Crippen LogP contribution is 2.32. The Bertz CT molecular complexity index is 808. The molecule has 0 unspecified atom stereocenters. The van der Waals surface area contributed by atoms with E-state index in [0.717, 1.165) is 22.5 Å². The minimum Gasteiger partial charge on any atom is -0.496 e. The van der Waals surface area contributed by atoms with Crippen molar-refractivity contribution in [2.24, 2.45) is 0 Å². The fourth-order valence-corrected chi connectivity index (χ4v) is 2.16. The normalized spacial score (nSPS) is 10.6. The second kappa shape index (κ2) is 5.28. The molecular weight excluding hydrogens is 266 g/mol. The molecule has 1 aromatic heterocycles. The molecule has 0 aliphatic rings. The summed E-state index contributed by atoms with van der Waals surface area (Å²) in [6.45, 7) is 1.69. The molecule has 2 aromatic carbocycles. The van der Waals surface area contributed by atoms with Gasteiger partial charge in [-0.2, -0.15) is 0 Å². The van der Waals surface area contributed by atoms with E-state index in [0.29, 0.717) is 17.3 Å². The quantitative estimate of drug-likeness (QED) is 0.564. The molecule has 0 aliphatic carbocycles. The van der Waals surface area contributed by atoms with Gasteiger partial charge in [0.1, 0.15) is 11.3 Å². The van der Waals surface area contributed by atoms with Crippen LogP contribution in [0.15, 0.2) is 46.9 Å². The van der Waals surface area contributed by atoms with Crippen LogP contribution in [0.2, 0.25) is 0 Å². The van der Waals surface area contributed by atoms with Crippen LogP contribution in [0.4, 0.5) is 5.69 Å². The topological polar surface area (TPSA) is 71.1 Å². The summed E-state index contributed by atoms with van der Waals surface area (Å²) in [5.41, 5.74) is 3.06. The van der Waals surface area contributed by atoms with Gasteiger partial charge in [0.15, 0.2) is 5.58 Å². The number of hydrogen-bond donors (Lipinski definition) is 2. The Kier molecular flexibility index (Phi) is 3.31. The number of fused-ring (bicyclic) bond motifs is 1. The number of nitrogens with zero attached hydrogens (tertiary/aromatic N) is 1. The van der Waals surface area contributed by atoms with E-state index < -0.39 is 0 Å². The highest BCUT2D eigenvalue weighted by Gasteiger charge is 2.12. The Balaban J connectivity index is 2.06. The van der Waals surface area contributed by atoms with Gasteiger partial charge in [0.2, 0.25) is 5.89 Å². The molecule has 3 aromatic rings. The SMILES string of the molecule is COc1ccccc1-c1nc2cc(NC(C)=N)ccc2o1. The Morgan fingerprint density at radius 3 is 2.81 bits per heavy atom. The number of rotatable bonds is 3. The van der Waals surface area contributed by atoms with Gasteiger partial charge in [0, 0.05) is 5.69 Å². The van der Waals surface area contributed by atoms with Crippen molar-refractivity contribution in [2.45, 2.75) is 6.92 Å². The summed E-state index contributed by atoms with van der Waals surface area (Å²) in [6.07, 6.45) is 0. The molecular formula is C16H15N3O2. The highest BCUT2D eigenvalue weighted by atomic mass is 16.5.